The lowest BCUT2D eigenvalue weighted by Gasteiger charge is -2.07. The van der Waals surface area contributed by atoms with Gasteiger partial charge >= 0.3 is 0 Å². The van der Waals surface area contributed by atoms with Crippen molar-refractivity contribution < 1.29 is 4.74 Å². The summed E-state index contributed by atoms with van der Waals surface area (Å²) in [4.78, 5) is 9.03. The summed E-state index contributed by atoms with van der Waals surface area (Å²) in [5, 5.41) is 3.15. The molecule has 110 valence electrons. The molecule has 21 heavy (non-hydrogen) atoms. The third-order valence-corrected chi connectivity index (χ3v) is 4.41. The molecule has 0 aliphatic carbocycles. The predicted molar refractivity (Wildman–Crippen MR) is 86.5 cm³/mol. The number of halogens is 1. The van der Waals surface area contributed by atoms with E-state index < -0.39 is 0 Å². The van der Waals surface area contributed by atoms with Crippen molar-refractivity contribution in [1.29, 1.82) is 0 Å². The summed E-state index contributed by atoms with van der Waals surface area (Å²) in [7, 11) is 1.67. The molecule has 0 aliphatic rings. The van der Waals surface area contributed by atoms with Crippen molar-refractivity contribution in [2.45, 2.75) is 19.4 Å². The first-order chi connectivity index (χ1) is 10.3. The number of aromatic nitrogens is 3. The molecule has 3 rings (SSSR count). The van der Waals surface area contributed by atoms with Crippen LogP contribution in [0.25, 0.3) is 11.0 Å². The van der Waals surface area contributed by atoms with Crippen LogP contribution in [0.4, 0.5) is 0 Å². The molecule has 0 atom stereocenters. The number of hydrogen-bond donors (Lipinski definition) is 0. The van der Waals surface area contributed by atoms with Crippen LogP contribution >= 0.6 is 22.9 Å². The van der Waals surface area contributed by atoms with Crippen LogP contribution in [0.5, 0.6) is 5.75 Å². The Bertz CT molecular complexity index is 724. The van der Waals surface area contributed by atoms with Gasteiger partial charge in [-0.05, 0) is 12.1 Å². The van der Waals surface area contributed by atoms with Crippen LogP contribution in [0.2, 0.25) is 0 Å². The number of imidazole rings is 1. The number of fused-ring (bicyclic) bond motifs is 1. The minimum atomic E-state index is 0.567. The minimum Gasteiger partial charge on any atom is -0.497 e. The number of thiazole rings is 1. The molecule has 0 N–H and O–H groups in total. The van der Waals surface area contributed by atoms with Crippen LogP contribution in [0.1, 0.15) is 10.8 Å². The zero-order valence-electron chi connectivity index (χ0n) is 11.8. The normalized spacial score (nSPS) is 11.1. The Morgan fingerprint density at radius 1 is 1.33 bits per heavy atom. The summed E-state index contributed by atoms with van der Waals surface area (Å²) in [6.07, 6.45) is 3.51. The lowest BCUT2D eigenvalue weighted by atomic mass is 10.3. The molecule has 0 saturated carbocycles. The molecule has 0 radical (unpaired) electrons. The molecule has 0 saturated heterocycles. The van der Waals surface area contributed by atoms with E-state index in [0.29, 0.717) is 5.88 Å². The summed E-state index contributed by atoms with van der Waals surface area (Å²) in [5.74, 6) is 2.41. The Balaban J connectivity index is 1.95. The van der Waals surface area contributed by atoms with Crippen molar-refractivity contribution in [2.75, 3.05) is 13.0 Å². The maximum absolute atomic E-state index is 5.91. The quantitative estimate of drug-likeness (QED) is 0.652. The molecule has 0 unspecified atom stereocenters. The van der Waals surface area contributed by atoms with Crippen LogP contribution in [-0.4, -0.2) is 27.5 Å². The second-order valence-electron chi connectivity index (χ2n) is 4.65. The van der Waals surface area contributed by atoms with Gasteiger partial charge in [0, 0.05) is 42.9 Å². The van der Waals surface area contributed by atoms with Gasteiger partial charge in [0.05, 0.1) is 23.2 Å². The molecule has 4 nitrogen and oxygen atoms in total. The van der Waals surface area contributed by atoms with Crippen LogP contribution in [-0.2, 0) is 19.4 Å². The number of benzene rings is 1. The summed E-state index contributed by atoms with van der Waals surface area (Å²) in [5.41, 5.74) is 2.07. The number of alkyl halides is 1. The van der Waals surface area contributed by atoms with E-state index in [2.05, 4.69) is 15.6 Å². The molecule has 1 aromatic carbocycles. The van der Waals surface area contributed by atoms with Gasteiger partial charge in [0.25, 0.3) is 0 Å². The number of nitrogens with zero attached hydrogens (tertiary/aromatic N) is 3. The van der Waals surface area contributed by atoms with Crippen molar-refractivity contribution >= 4 is 34.0 Å². The van der Waals surface area contributed by atoms with Crippen LogP contribution < -0.4 is 4.74 Å². The van der Waals surface area contributed by atoms with Crippen LogP contribution in [0.15, 0.2) is 29.8 Å². The van der Waals surface area contributed by atoms with Gasteiger partial charge in [-0.15, -0.1) is 22.9 Å². The van der Waals surface area contributed by atoms with Crippen molar-refractivity contribution in [3.8, 4) is 5.75 Å². The fraction of sp³-hybridized carbons (Fsp3) is 0.333. The van der Waals surface area contributed by atoms with Crippen molar-refractivity contribution in [1.82, 2.24) is 14.5 Å². The number of hydrogen-bond acceptors (Lipinski definition) is 4. The highest BCUT2D eigenvalue weighted by atomic mass is 35.5. The zero-order valence-corrected chi connectivity index (χ0v) is 13.3. The zero-order chi connectivity index (χ0) is 14.7. The monoisotopic (exact) mass is 321 g/mol. The number of methoxy groups -OCH3 is 1. The second-order valence-corrected chi connectivity index (χ2v) is 6.01. The van der Waals surface area contributed by atoms with Gasteiger partial charge in [0.1, 0.15) is 11.6 Å². The number of rotatable bonds is 6. The molecular formula is C15H16ClN3OS. The molecule has 0 amide bonds. The minimum absolute atomic E-state index is 0.567. The average Bonchev–Trinajstić information content (AvgIpc) is 3.12. The molecule has 2 aromatic heterocycles. The highest BCUT2D eigenvalue weighted by Gasteiger charge is 2.11. The third-order valence-electron chi connectivity index (χ3n) is 3.39. The fourth-order valence-electron chi connectivity index (χ4n) is 2.40. The van der Waals surface area contributed by atoms with Gasteiger partial charge < -0.3 is 9.30 Å². The lowest BCUT2D eigenvalue weighted by molar-refractivity contribution is 0.415. The SMILES string of the molecule is COc1ccc2c(c1)nc(CCCl)n2CCc1nccs1. The molecule has 0 aliphatic heterocycles. The summed E-state index contributed by atoms with van der Waals surface area (Å²) in [6, 6.07) is 5.99. The Hall–Kier alpha value is -1.59. The fourth-order valence-corrected chi connectivity index (χ4v) is 3.17. The molecular weight excluding hydrogens is 306 g/mol. The maximum atomic E-state index is 5.91. The van der Waals surface area contributed by atoms with E-state index in [1.54, 1.807) is 18.4 Å². The predicted octanol–water partition coefficient (Wildman–Crippen LogP) is 3.53. The summed E-state index contributed by atoms with van der Waals surface area (Å²) >= 11 is 7.59. The largest absolute Gasteiger partial charge is 0.497 e. The van der Waals surface area contributed by atoms with Crippen molar-refractivity contribution in [2.24, 2.45) is 0 Å². The first-order valence-corrected chi connectivity index (χ1v) is 8.20. The Kier molecular flexibility index (Phi) is 4.41. The van der Waals surface area contributed by atoms with Gasteiger partial charge in [0.2, 0.25) is 0 Å². The van der Waals surface area contributed by atoms with Gasteiger partial charge in [-0.1, -0.05) is 0 Å². The lowest BCUT2D eigenvalue weighted by Crippen LogP contribution is -2.07. The first kappa shape index (κ1) is 14.4. The molecule has 0 fully saturated rings. The average molecular weight is 322 g/mol. The smallest absolute Gasteiger partial charge is 0.121 e. The van der Waals surface area contributed by atoms with Crippen molar-refractivity contribution in [3.05, 3.63) is 40.6 Å². The number of aryl methyl sites for hydroxylation is 3. The van der Waals surface area contributed by atoms with E-state index in [1.807, 2.05) is 23.7 Å². The van der Waals surface area contributed by atoms with E-state index in [-0.39, 0.29) is 0 Å². The summed E-state index contributed by atoms with van der Waals surface area (Å²) < 4.78 is 7.50. The molecule has 0 spiro atoms. The van der Waals surface area contributed by atoms with E-state index in [1.165, 1.54) is 0 Å². The Morgan fingerprint density at radius 3 is 2.95 bits per heavy atom. The van der Waals surface area contributed by atoms with Crippen LogP contribution in [0.3, 0.4) is 0 Å². The van der Waals surface area contributed by atoms with Crippen LogP contribution in [0, 0.1) is 0 Å². The van der Waals surface area contributed by atoms with E-state index in [0.717, 1.165) is 47.0 Å². The maximum Gasteiger partial charge on any atom is 0.121 e. The first-order valence-electron chi connectivity index (χ1n) is 6.79. The molecule has 2 heterocycles. The number of ether oxygens (including phenoxy) is 1. The van der Waals surface area contributed by atoms with Gasteiger partial charge in [0.15, 0.2) is 0 Å². The van der Waals surface area contributed by atoms with Gasteiger partial charge in [-0.25, -0.2) is 9.97 Å². The Labute approximate surface area is 132 Å². The standard InChI is InChI=1S/C15H16ClN3OS/c1-20-11-2-3-13-12(10-11)18-14(4-6-16)19(13)8-5-15-17-7-9-21-15/h2-3,7,9-10H,4-6,8H2,1H3. The highest BCUT2D eigenvalue weighted by molar-refractivity contribution is 7.09. The highest BCUT2D eigenvalue weighted by Crippen LogP contribution is 2.23. The molecule has 0 bridgehead atoms. The summed E-state index contributed by atoms with van der Waals surface area (Å²) in [6.45, 7) is 0.864. The van der Waals surface area contributed by atoms with E-state index in [9.17, 15) is 0 Å². The third kappa shape index (κ3) is 3.04. The Morgan fingerprint density at radius 2 is 2.24 bits per heavy atom. The molecule has 6 heteroatoms. The second kappa shape index (κ2) is 6.45. The molecule has 3 aromatic rings. The topological polar surface area (TPSA) is 39.9 Å². The van der Waals surface area contributed by atoms with Crippen molar-refractivity contribution in [3.63, 3.8) is 0 Å². The van der Waals surface area contributed by atoms with E-state index >= 15 is 0 Å². The van der Waals surface area contributed by atoms with Gasteiger partial charge in [-0.2, -0.15) is 0 Å². The van der Waals surface area contributed by atoms with Gasteiger partial charge in [-0.3, -0.25) is 0 Å². The van der Waals surface area contributed by atoms with E-state index in [4.69, 9.17) is 21.3 Å².